The maximum absolute atomic E-state index is 12.6. The minimum absolute atomic E-state index is 0.160. The second kappa shape index (κ2) is 6.91. The van der Waals surface area contributed by atoms with E-state index in [0.29, 0.717) is 4.47 Å². The summed E-state index contributed by atoms with van der Waals surface area (Å²) in [6, 6.07) is 8.68. The van der Waals surface area contributed by atoms with Crippen molar-refractivity contribution >= 4 is 53.2 Å². The van der Waals surface area contributed by atoms with Crippen LogP contribution in [0.25, 0.3) is 0 Å². The van der Waals surface area contributed by atoms with E-state index in [-0.39, 0.29) is 16.9 Å². The van der Waals surface area contributed by atoms with Crippen LogP contribution in [0.15, 0.2) is 49.6 Å². The van der Waals surface area contributed by atoms with Crippen LogP contribution >= 0.6 is 43.2 Å². The SMILES string of the molecule is CC(C)C(NS(=O)(=O)c1ccc(Br)cc1Br)c1cccs1. The van der Waals surface area contributed by atoms with Crippen molar-refractivity contribution in [3.63, 3.8) is 0 Å². The fourth-order valence-electron chi connectivity index (χ4n) is 1.91. The van der Waals surface area contributed by atoms with Crippen molar-refractivity contribution in [2.75, 3.05) is 0 Å². The van der Waals surface area contributed by atoms with Gasteiger partial charge < -0.3 is 0 Å². The summed E-state index contributed by atoms with van der Waals surface area (Å²) in [5, 5.41) is 1.95. The molecule has 0 aliphatic rings. The number of sulfonamides is 1. The summed E-state index contributed by atoms with van der Waals surface area (Å²) in [4.78, 5) is 1.26. The lowest BCUT2D eigenvalue weighted by molar-refractivity contribution is 0.468. The van der Waals surface area contributed by atoms with Gasteiger partial charge in [0.05, 0.1) is 10.9 Å². The van der Waals surface area contributed by atoms with Gasteiger partial charge in [0.25, 0.3) is 0 Å². The maximum atomic E-state index is 12.6. The lowest BCUT2D eigenvalue weighted by atomic mass is 10.0. The second-order valence-corrected chi connectivity index (χ2v) is 9.36. The van der Waals surface area contributed by atoms with E-state index in [1.165, 1.54) is 0 Å². The van der Waals surface area contributed by atoms with Gasteiger partial charge in [0.1, 0.15) is 0 Å². The van der Waals surface area contributed by atoms with Gasteiger partial charge in [-0.25, -0.2) is 13.1 Å². The molecule has 3 nitrogen and oxygen atoms in total. The molecule has 0 fully saturated rings. The van der Waals surface area contributed by atoms with E-state index in [9.17, 15) is 8.42 Å². The molecule has 2 aromatic rings. The molecule has 0 spiro atoms. The van der Waals surface area contributed by atoms with Crippen molar-refractivity contribution in [2.24, 2.45) is 5.92 Å². The molecule has 1 aromatic carbocycles. The third-order valence-electron chi connectivity index (χ3n) is 2.98. The third-order valence-corrected chi connectivity index (χ3v) is 6.85. The highest BCUT2D eigenvalue weighted by Gasteiger charge is 2.26. The first-order valence-corrected chi connectivity index (χ1v) is 10.3. The number of hydrogen-bond donors (Lipinski definition) is 1. The van der Waals surface area contributed by atoms with Crippen LogP contribution in [0.1, 0.15) is 24.8 Å². The van der Waals surface area contributed by atoms with Crippen molar-refractivity contribution in [3.8, 4) is 0 Å². The van der Waals surface area contributed by atoms with Crippen LogP contribution in [-0.2, 0) is 10.0 Å². The summed E-state index contributed by atoms with van der Waals surface area (Å²) in [7, 11) is -3.59. The van der Waals surface area contributed by atoms with Crippen LogP contribution in [-0.4, -0.2) is 8.42 Å². The minimum Gasteiger partial charge on any atom is -0.207 e. The average molecular weight is 453 g/mol. The second-order valence-electron chi connectivity index (χ2n) is 4.93. The molecule has 21 heavy (non-hydrogen) atoms. The molecule has 0 saturated carbocycles. The molecular formula is C14H15Br2NO2S2. The molecule has 1 unspecified atom stereocenters. The predicted octanol–water partition coefficient (Wildman–Crippen LogP) is 4.95. The number of halogens is 2. The Morgan fingerprint density at radius 1 is 1.19 bits per heavy atom. The first-order valence-electron chi connectivity index (χ1n) is 6.32. The van der Waals surface area contributed by atoms with Gasteiger partial charge in [-0.15, -0.1) is 11.3 Å². The highest BCUT2D eigenvalue weighted by Crippen LogP contribution is 2.30. The molecule has 2 rings (SSSR count). The Kier molecular flexibility index (Phi) is 5.65. The highest BCUT2D eigenvalue weighted by atomic mass is 79.9. The predicted molar refractivity (Wildman–Crippen MR) is 94.1 cm³/mol. The van der Waals surface area contributed by atoms with Gasteiger partial charge >= 0.3 is 0 Å². The molecule has 0 radical (unpaired) electrons. The van der Waals surface area contributed by atoms with Gasteiger partial charge in [-0.3, -0.25) is 0 Å². The summed E-state index contributed by atoms with van der Waals surface area (Å²) in [5.41, 5.74) is 0. The Morgan fingerprint density at radius 2 is 1.90 bits per heavy atom. The van der Waals surface area contributed by atoms with E-state index in [4.69, 9.17) is 0 Å². The zero-order chi connectivity index (χ0) is 15.6. The Balaban J connectivity index is 2.35. The summed E-state index contributed by atoms with van der Waals surface area (Å²) < 4.78 is 29.4. The quantitative estimate of drug-likeness (QED) is 0.697. The van der Waals surface area contributed by atoms with Crippen LogP contribution in [0.2, 0.25) is 0 Å². The van der Waals surface area contributed by atoms with E-state index in [1.807, 2.05) is 31.4 Å². The summed E-state index contributed by atoms with van der Waals surface area (Å²) in [6.45, 7) is 4.01. The smallest absolute Gasteiger partial charge is 0.207 e. The van der Waals surface area contributed by atoms with Crippen LogP contribution < -0.4 is 4.72 Å². The molecular weight excluding hydrogens is 438 g/mol. The normalized spacial score (nSPS) is 13.6. The van der Waals surface area contributed by atoms with Gasteiger partial charge in [0, 0.05) is 13.8 Å². The number of benzene rings is 1. The monoisotopic (exact) mass is 451 g/mol. The molecule has 0 aliphatic heterocycles. The summed E-state index contributed by atoms with van der Waals surface area (Å²) >= 11 is 8.19. The van der Waals surface area contributed by atoms with Crippen molar-refractivity contribution in [1.82, 2.24) is 4.72 Å². The van der Waals surface area contributed by atoms with E-state index in [0.717, 1.165) is 9.35 Å². The first kappa shape index (κ1) is 17.1. The Bertz CT molecular complexity index is 713. The molecule has 1 heterocycles. The van der Waals surface area contributed by atoms with Gasteiger partial charge in [-0.2, -0.15) is 0 Å². The molecule has 1 N–H and O–H groups in total. The van der Waals surface area contributed by atoms with Crippen molar-refractivity contribution < 1.29 is 8.42 Å². The zero-order valence-corrected chi connectivity index (χ0v) is 16.3. The van der Waals surface area contributed by atoms with E-state index in [1.54, 1.807) is 29.5 Å². The highest BCUT2D eigenvalue weighted by molar-refractivity contribution is 9.11. The summed E-state index contributed by atoms with van der Waals surface area (Å²) in [6.07, 6.45) is 0. The molecule has 0 aliphatic carbocycles. The number of hydrogen-bond acceptors (Lipinski definition) is 3. The minimum atomic E-state index is -3.59. The topological polar surface area (TPSA) is 46.2 Å². The largest absolute Gasteiger partial charge is 0.242 e. The average Bonchev–Trinajstić information content (AvgIpc) is 2.88. The van der Waals surface area contributed by atoms with E-state index < -0.39 is 10.0 Å². The third kappa shape index (κ3) is 4.16. The fraction of sp³-hybridized carbons (Fsp3) is 0.286. The van der Waals surface area contributed by atoms with Gasteiger partial charge in [-0.05, 0) is 51.5 Å². The molecule has 114 valence electrons. The fourth-order valence-corrected chi connectivity index (χ4v) is 6.05. The number of rotatable bonds is 5. The Labute approximate surface area is 146 Å². The molecule has 1 aromatic heterocycles. The Morgan fingerprint density at radius 3 is 2.43 bits per heavy atom. The molecule has 0 bridgehead atoms. The lowest BCUT2D eigenvalue weighted by Crippen LogP contribution is -2.31. The molecule has 7 heteroatoms. The van der Waals surface area contributed by atoms with E-state index in [2.05, 4.69) is 36.6 Å². The van der Waals surface area contributed by atoms with E-state index >= 15 is 0 Å². The van der Waals surface area contributed by atoms with Crippen molar-refractivity contribution in [3.05, 3.63) is 49.5 Å². The first-order chi connectivity index (χ1) is 9.81. The number of thiophene rings is 1. The van der Waals surface area contributed by atoms with Gasteiger partial charge in [0.15, 0.2) is 0 Å². The zero-order valence-electron chi connectivity index (χ0n) is 11.5. The standard InChI is InChI=1S/C14H15Br2NO2S2/c1-9(2)14(12-4-3-7-20-12)17-21(18,19)13-6-5-10(15)8-11(13)16/h3-9,14,17H,1-2H3. The summed E-state index contributed by atoms with van der Waals surface area (Å²) in [5.74, 6) is 0.160. The molecule has 0 saturated heterocycles. The van der Waals surface area contributed by atoms with Crippen molar-refractivity contribution in [1.29, 1.82) is 0 Å². The van der Waals surface area contributed by atoms with Crippen LogP contribution in [0.4, 0.5) is 0 Å². The van der Waals surface area contributed by atoms with Crippen LogP contribution in [0.5, 0.6) is 0 Å². The van der Waals surface area contributed by atoms with Crippen molar-refractivity contribution in [2.45, 2.75) is 24.8 Å². The molecule has 1 atom stereocenters. The Hall–Kier alpha value is -0.210. The van der Waals surface area contributed by atoms with Gasteiger partial charge in [0.2, 0.25) is 10.0 Å². The van der Waals surface area contributed by atoms with Crippen LogP contribution in [0.3, 0.4) is 0 Å². The van der Waals surface area contributed by atoms with Crippen LogP contribution in [0, 0.1) is 5.92 Å². The lowest BCUT2D eigenvalue weighted by Gasteiger charge is -2.21. The molecule has 0 amide bonds. The maximum Gasteiger partial charge on any atom is 0.242 e. The number of nitrogens with one attached hydrogen (secondary N) is 1. The van der Waals surface area contributed by atoms with Gasteiger partial charge in [-0.1, -0.05) is 35.8 Å².